The van der Waals surface area contributed by atoms with Crippen LogP contribution in [0.5, 0.6) is 17.2 Å². The van der Waals surface area contributed by atoms with Crippen LogP contribution >= 0.6 is 0 Å². The first-order chi connectivity index (χ1) is 11.3. The van der Waals surface area contributed by atoms with Crippen LogP contribution in [-0.4, -0.2) is 5.11 Å². The van der Waals surface area contributed by atoms with Crippen LogP contribution in [0.15, 0.2) is 66.7 Å². The fourth-order valence-electron chi connectivity index (χ4n) is 2.09. The Balaban J connectivity index is 1.70. The van der Waals surface area contributed by atoms with Gasteiger partial charge >= 0.3 is 0 Å². The van der Waals surface area contributed by atoms with E-state index in [1.165, 1.54) is 0 Å². The number of phenols is 1. The highest BCUT2D eigenvalue weighted by atomic mass is 16.5. The van der Waals surface area contributed by atoms with Crippen LogP contribution in [0.25, 0.3) is 0 Å². The molecule has 0 aliphatic heterocycles. The third-order valence-corrected chi connectivity index (χ3v) is 3.26. The van der Waals surface area contributed by atoms with Crippen molar-refractivity contribution in [1.29, 1.82) is 0 Å². The van der Waals surface area contributed by atoms with Crippen LogP contribution in [0.2, 0.25) is 0 Å². The SMILES string of the molecule is Oc1ccc(OCc2ccccc2)c(OCc2c#cccc2)c1. The van der Waals surface area contributed by atoms with Crippen LogP contribution in [0.3, 0.4) is 0 Å². The molecule has 0 bridgehead atoms. The molecule has 3 heteroatoms. The summed E-state index contributed by atoms with van der Waals surface area (Å²) in [6, 6.07) is 26.2. The van der Waals surface area contributed by atoms with E-state index in [2.05, 4.69) is 12.1 Å². The van der Waals surface area contributed by atoms with Gasteiger partial charge in [-0.1, -0.05) is 48.5 Å². The zero-order valence-electron chi connectivity index (χ0n) is 12.5. The summed E-state index contributed by atoms with van der Waals surface area (Å²) in [5.41, 5.74) is 1.95. The zero-order valence-corrected chi connectivity index (χ0v) is 12.5. The summed E-state index contributed by atoms with van der Waals surface area (Å²) in [5.74, 6) is 1.22. The Labute approximate surface area is 135 Å². The van der Waals surface area contributed by atoms with Crippen LogP contribution in [-0.2, 0) is 13.2 Å². The van der Waals surface area contributed by atoms with Gasteiger partial charge in [0.25, 0.3) is 0 Å². The van der Waals surface area contributed by atoms with Crippen LogP contribution in [0, 0.1) is 12.1 Å². The summed E-state index contributed by atoms with van der Waals surface area (Å²) in [5, 5.41) is 9.67. The molecule has 3 aromatic carbocycles. The van der Waals surface area contributed by atoms with E-state index in [0.29, 0.717) is 24.7 Å². The van der Waals surface area contributed by atoms with Gasteiger partial charge in [-0.25, -0.2) is 0 Å². The van der Waals surface area contributed by atoms with Crippen molar-refractivity contribution in [2.24, 2.45) is 0 Å². The van der Waals surface area contributed by atoms with Crippen molar-refractivity contribution in [2.45, 2.75) is 13.2 Å². The lowest BCUT2D eigenvalue weighted by molar-refractivity contribution is 0.254. The summed E-state index contributed by atoms with van der Waals surface area (Å²) < 4.78 is 11.6. The number of benzene rings is 2. The lowest BCUT2D eigenvalue weighted by Gasteiger charge is -2.13. The molecule has 114 valence electrons. The summed E-state index contributed by atoms with van der Waals surface area (Å²) in [6.07, 6.45) is 0. The van der Waals surface area contributed by atoms with Crippen molar-refractivity contribution >= 4 is 0 Å². The Morgan fingerprint density at radius 3 is 2.43 bits per heavy atom. The fourth-order valence-corrected chi connectivity index (χ4v) is 2.09. The quantitative estimate of drug-likeness (QED) is 0.743. The first kappa shape index (κ1) is 14.8. The summed E-state index contributed by atoms with van der Waals surface area (Å²) in [6.45, 7) is 0.774. The van der Waals surface area contributed by atoms with Crippen LogP contribution < -0.4 is 9.47 Å². The van der Waals surface area contributed by atoms with Gasteiger partial charge in [0.1, 0.15) is 19.0 Å². The van der Waals surface area contributed by atoms with Gasteiger partial charge in [-0.15, -0.1) is 0 Å². The summed E-state index contributed by atoms with van der Waals surface area (Å²) >= 11 is 0. The Morgan fingerprint density at radius 1 is 0.826 bits per heavy atom. The fraction of sp³-hybridized carbons (Fsp3) is 0.100. The molecule has 0 unspecified atom stereocenters. The predicted molar refractivity (Wildman–Crippen MR) is 87.3 cm³/mol. The molecule has 0 heterocycles. The highest BCUT2D eigenvalue weighted by Crippen LogP contribution is 2.32. The van der Waals surface area contributed by atoms with E-state index in [-0.39, 0.29) is 5.75 Å². The minimum absolute atomic E-state index is 0.135. The molecule has 0 saturated heterocycles. The van der Waals surface area contributed by atoms with Gasteiger partial charge in [-0.05, 0) is 29.8 Å². The maximum Gasteiger partial charge on any atom is 0.165 e. The van der Waals surface area contributed by atoms with Crippen molar-refractivity contribution in [3.63, 3.8) is 0 Å². The molecule has 0 atom stereocenters. The average molecular weight is 304 g/mol. The lowest BCUT2D eigenvalue weighted by Crippen LogP contribution is -2.00. The van der Waals surface area contributed by atoms with E-state index in [1.807, 2.05) is 42.5 Å². The molecule has 3 rings (SSSR count). The van der Waals surface area contributed by atoms with Crippen LogP contribution in [0.4, 0.5) is 0 Å². The topological polar surface area (TPSA) is 38.7 Å². The van der Waals surface area contributed by atoms with E-state index < -0.39 is 0 Å². The molecule has 0 aliphatic rings. The minimum atomic E-state index is 0.135. The van der Waals surface area contributed by atoms with Gasteiger partial charge in [-0.2, -0.15) is 0 Å². The monoisotopic (exact) mass is 304 g/mol. The van der Waals surface area contributed by atoms with E-state index in [1.54, 1.807) is 24.3 Å². The van der Waals surface area contributed by atoms with Gasteiger partial charge in [0.15, 0.2) is 11.5 Å². The molecular weight excluding hydrogens is 288 g/mol. The average Bonchev–Trinajstić information content (AvgIpc) is 2.61. The molecule has 23 heavy (non-hydrogen) atoms. The van der Waals surface area contributed by atoms with Crippen molar-refractivity contribution in [2.75, 3.05) is 0 Å². The molecule has 0 saturated carbocycles. The number of hydrogen-bond acceptors (Lipinski definition) is 3. The van der Waals surface area contributed by atoms with Gasteiger partial charge < -0.3 is 14.6 Å². The largest absolute Gasteiger partial charge is 0.508 e. The van der Waals surface area contributed by atoms with E-state index in [0.717, 1.165) is 11.1 Å². The van der Waals surface area contributed by atoms with Gasteiger partial charge in [0.05, 0.1) is 0 Å². The first-order valence-corrected chi connectivity index (χ1v) is 7.31. The minimum Gasteiger partial charge on any atom is -0.508 e. The second-order valence-electron chi connectivity index (χ2n) is 5.01. The van der Waals surface area contributed by atoms with Crippen molar-refractivity contribution < 1.29 is 14.6 Å². The zero-order chi connectivity index (χ0) is 15.9. The molecular formula is C20H16O3. The third-order valence-electron chi connectivity index (χ3n) is 3.26. The number of hydrogen-bond donors (Lipinski definition) is 1. The second kappa shape index (κ2) is 7.24. The summed E-state index contributed by atoms with van der Waals surface area (Å²) in [7, 11) is 0. The van der Waals surface area contributed by atoms with Crippen molar-refractivity contribution in [1.82, 2.24) is 0 Å². The second-order valence-corrected chi connectivity index (χ2v) is 5.01. The highest BCUT2D eigenvalue weighted by Gasteiger charge is 2.07. The Bertz CT molecular complexity index is 739. The van der Waals surface area contributed by atoms with Crippen molar-refractivity contribution in [3.05, 3.63) is 90.0 Å². The smallest absolute Gasteiger partial charge is 0.165 e. The maximum absolute atomic E-state index is 9.67. The molecule has 0 aromatic heterocycles. The van der Waals surface area contributed by atoms with E-state index >= 15 is 0 Å². The van der Waals surface area contributed by atoms with Gasteiger partial charge in [0.2, 0.25) is 0 Å². The van der Waals surface area contributed by atoms with Gasteiger partial charge in [-0.3, -0.25) is 0 Å². The molecule has 0 aliphatic carbocycles. The highest BCUT2D eigenvalue weighted by molar-refractivity contribution is 5.45. The molecule has 0 radical (unpaired) electrons. The van der Waals surface area contributed by atoms with E-state index in [4.69, 9.17) is 9.47 Å². The predicted octanol–water partition coefficient (Wildman–Crippen LogP) is 4.15. The number of phenolic OH excluding ortho intramolecular Hbond substituents is 1. The Kier molecular flexibility index (Phi) is 4.66. The normalized spacial score (nSPS) is 9.91. The summed E-state index contributed by atoms with van der Waals surface area (Å²) in [4.78, 5) is 0. The molecule has 1 N–H and O–H groups in total. The Morgan fingerprint density at radius 2 is 1.65 bits per heavy atom. The Hall–Kier alpha value is -3.12. The molecule has 0 fully saturated rings. The third kappa shape index (κ3) is 4.18. The number of aromatic hydroxyl groups is 1. The lowest BCUT2D eigenvalue weighted by atomic mass is 10.2. The standard InChI is InChI=1S/C20H16O3/c21-18-11-12-19(22-14-16-7-3-1-4-8-16)20(13-18)23-15-17-9-5-2-6-10-17/h1-5,7-9,11-13,21H,14-15H2. The first-order valence-electron chi connectivity index (χ1n) is 7.31. The van der Waals surface area contributed by atoms with Crippen LogP contribution in [0.1, 0.15) is 11.1 Å². The molecule has 3 aromatic rings. The van der Waals surface area contributed by atoms with Gasteiger partial charge in [0, 0.05) is 11.6 Å². The number of rotatable bonds is 6. The molecule has 3 nitrogen and oxygen atoms in total. The number of ether oxygens (including phenoxy) is 2. The van der Waals surface area contributed by atoms with Crippen molar-refractivity contribution in [3.8, 4) is 17.2 Å². The maximum atomic E-state index is 9.67. The molecule has 0 spiro atoms. The van der Waals surface area contributed by atoms with E-state index in [9.17, 15) is 5.11 Å². The molecule has 0 amide bonds.